The number of β-amino-alcohol motifs (C(OH)–C–C–N with tert-alkyl or cyclic N) is 1. The first-order valence-electron chi connectivity index (χ1n) is 27.8. The minimum Gasteiger partial charge on any atom is -0.512 e. The van der Waals surface area contributed by atoms with Gasteiger partial charge in [0.2, 0.25) is 17.7 Å². The molecule has 3 amide bonds. The van der Waals surface area contributed by atoms with Crippen LogP contribution in [0.3, 0.4) is 0 Å². The van der Waals surface area contributed by atoms with Gasteiger partial charge in [-0.1, -0.05) is 83.1 Å². The van der Waals surface area contributed by atoms with E-state index in [9.17, 15) is 29.4 Å². The molecule has 17 nitrogen and oxygen atoms in total. The third-order valence-electron chi connectivity index (χ3n) is 14.7. The van der Waals surface area contributed by atoms with E-state index in [0.717, 1.165) is 82.2 Å². The van der Waals surface area contributed by atoms with Gasteiger partial charge in [-0.3, -0.25) is 19.2 Å². The molecule has 79 heavy (non-hydrogen) atoms. The summed E-state index contributed by atoms with van der Waals surface area (Å²) in [5.74, 6) is -0.292. The number of nitrogens with one attached hydrogen (secondary N) is 2. The summed E-state index contributed by atoms with van der Waals surface area (Å²) in [6.07, 6.45) is 2.13. The van der Waals surface area contributed by atoms with E-state index in [2.05, 4.69) is 26.6 Å². The lowest BCUT2D eigenvalue weighted by Crippen LogP contribution is -2.58. The standard InChI is InChI=1S/C61H83N5O12S/c1-40-9-10-46(33-50(40)55-52(68)35-61(7,8)36-53(55)69)44-15-17-48(18-16-44)78-49-19-21-65(22-20-49)23-24-73-25-26-74-27-28-75-29-30-76-31-32-77-38-54(70)64-57(60(4,5)6)59(72)66-37-47(67)34-51(66)58(71)63-41(2)43-11-13-45(14-12-43)56-42(3)62-39-79-56/h9-18,33,39,41,47,49,51,57,67-68H,19-32,34-38H2,1-8H3,(H,63,71)(H,64,70)/t41-,47+,51-,57+/m0/s1. The molecule has 0 unspecified atom stereocenters. The number of ketones is 1. The number of allylic oxidation sites excluding steroid dienone is 2. The smallest absolute Gasteiger partial charge is 0.246 e. The van der Waals surface area contributed by atoms with Crippen molar-refractivity contribution < 1.29 is 57.8 Å². The van der Waals surface area contributed by atoms with Gasteiger partial charge >= 0.3 is 0 Å². The van der Waals surface area contributed by atoms with Crippen LogP contribution in [-0.4, -0.2) is 165 Å². The number of rotatable bonds is 27. The maximum Gasteiger partial charge on any atom is 0.246 e. The quantitative estimate of drug-likeness (QED) is 0.0417. The minimum atomic E-state index is -0.969. The summed E-state index contributed by atoms with van der Waals surface area (Å²) in [6, 6.07) is 19.9. The molecule has 3 heterocycles. The molecule has 2 aliphatic heterocycles. The zero-order valence-electron chi connectivity index (χ0n) is 47.5. The molecule has 0 saturated carbocycles. The Kier molecular flexibility index (Phi) is 22.2. The summed E-state index contributed by atoms with van der Waals surface area (Å²) >= 11 is 1.57. The Hall–Kier alpha value is -5.57. The predicted molar refractivity (Wildman–Crippen MR) is 305 cm³/mol. The number of ether oxygens (including phenoxy) is 6. The number of aromatic nitrogens is 1. The first kappa shape index (κ1) is 61.1. The molecule has 1 aromatic heterocycles. The van der Waals surface area contributed by atoms with E-state index in [1.54, 1.807) is 11.3 Å². The number of carbonyl (C=O) groups is 4. The Morgan fingerprint density at radius 1 is 0.797 bits per heavy atom. The zero-order chi connectivity index (χ0) is 56.7. The zero-order valence-corrected chi connectivity index (χ0v) is 48.3. The number of benzene rings is 3. The van der Waals surface area contributed by atoms with Gasteiger partial charge in [0.15, 0.2) is 5.78 Å². The van der Waals surface area contributed by atoms with Crippen LogP contribution in [0, 0.1) is 24.7 Å². The molecule has 0 radical (unpaired) electrons. The number of hydrogen-bond acceptors (Lipinski definition) is 15. The van der Waals surface area contributed by atoms with Crippen LogP contribution in [0.2, 0.25) is 0 Å². The molecule has 2 fully saturated rings. The molecular formula is C61H83N5O12S. The SMILES string of the molecule is Cc1ccc(-c2ccc(OC3CCN(CCOCCOCCOCCOCCOCC(=O)N[C@H](C(=O)N4C[C@H](O)C[C@H]4C(=O)N[C@@H](C)c4ccc(-c5scnc5C)cc4)C(C)(C)C)CC3)cc2)cc1C1=C(O)CC(C)(C)CC1=O. The summed E-state index contributed by atoms with van der Waals surface area (Å²) < 4.78 is 34.6. The molecule has 2 saturated heterocycles. The Morgan fingerprint density at radius 2 is 1.39 bits per heavy atom. The van der Waals surface area contributed by atoms with Gasteiger partial charge in [-0.25, -0.2) is 4.98 Å². The van der Waals surface area contributed by atoms with Crippen LogP contribution in [0.4, 0.5) is 0 Å². The van der Waals surface area contributed by atoms with Gasteiger partial charge in [0.25, 0.3) is 0 Å². The number of thiazole rings is 1. The van der Waals surface area contributed by atoms with Crippen molar-refractivity contribution in [3.05, 3.63) is 100 Å². The summed E-state index contributed by atoms with van der Waals surface area (Å²) in [5, 5.41) is 27.3. The van der Waals surface area contributed by atoms with Crippen molar-refractivity contribution in [1.82, 2.24) is 25.4 Å². The van der Waals surface area contributed by atoms with Crippen molar-refractivity contribution in [2.24, 2.45) is 10.8 Å². The van der Waals surface area contributed by atoms with Gasteiger partial charge in [-0.05, 0) is 96.0 Å². The van der Waals surface area contributed by atoms with Crippen LogP contribution in [0.25, 0.3) is 27.1 Å². The van der Waals surface area contributed by atoms with E-state index in [0.29, 0.717) is 64.7 Å². The van der Waals surface area contributed by atoms with Crippen LogP contribution in [0.15, 0.2) is 78.0 Å². The van der Waals surface area contributed by atoms with E-state index in [-0.39, 0.29) is 67.8 Å². The minimum absolute atomic E-state index is 0.00868. The number of nitrogens with zero attached hydrogens (tertiary/aromatic N) is 3. The number of likely N-dealkylation sites (tertiary alicyclic amines) is 2. The Balaban J connectivity index is 0.683. The van der Waals surface area contributed by atoms with Crippen molar-refractivity contribution in [3.8, 4) is 27.3 Å². The molecule has 430 valence electrons. The summed E-state index contributed by atoms with van der Waals surface area (Å²) in [6.45, 7) is 21.3. The summed E-state index contributed by atoms with van der Waals surface area (Å²) in [7, 11) is 0. The first-order valence-corrected chi connectivity index (χ1v) is 28.7. The average Bonchev–Trinajstić information content (AvgIpc) is 4.10. The van der Waals surface area contributed by atoms with Gasteiger partial charge in [-0.2, -0.15) is 0 Å². The second kappa shape index (κ2) is 28.7. The number of Topliss-reactive ketones (excluding diaryl/α,β-unsaturated/α-hetero) is 1. The lowest BCUT2D eigenvalue weighted by Gasteiger charge is -2.35. The van der Waals surface area contributed by atoms with Crippen molar-refractivity contribution >= 4 is 40.4 Å². The molecule has 1 aliphatic carbocycles. The average molecular weight is 1110 g/mol. The van der Waals surface area contributed by atoms with Crippen LogP contribution < -0.4 is 15.4 Å². The molecule has 7 rings (SSSR count). The molecule has 4 atom stereocenters. The molecule has 4 aromatic rings. The number of amides is 3. The largest absolute Gasteiger partial charge is 0.512 e. The predicted octanol–water partition coefficient (Wildman–Crippen LogP) is 8.05. The maximum absolute atomic E-state index is 14.0. The van der Waals surface area contributed by atoms with Crippen molar-refractivity contribution in [2.45, 2.75) is 118 Å². The third-order valence-corrected chi connectivity index (χ3v) is 15.7. The van der Waals surface area contributed by atoms with E-state index >= 15 is 0 Å². The highest BCUT2D eigenvalue weighted by Gasteiger charge is 2.45. The van der Waals surface area contributed by atoms with Crippen LogP contribution in [-0.2, 0) is 42.9 Å². The molecule has 0 bridgehead atoms. The maximum atomic E-state index is 14.0. The van der Waals surface area contributed by atoms with E-state index < -0.39 is 35.4 Å². The number of carbonyl (C=O) groups excluding carboxylic acids is 4. The third kappa shape index (κ3) is 17.7. The van der Waals surface area contributed by atoms with Crippen LogP contribution in [0.5, 0.6) is 5.75 Å². The fourth-order valence-electron chi connectivity index (χ4n) is 10.3. The van der Waals surface area contributed by atoms with Gasteiger partial charge in [0.05, 0.1) is 93.3 Å². The monoisotopic (exact) mass is 1110 g/mol. The second-order valence-corrected chi connectivity index (χ2v) is 23.7. The fraction of sp³-hybridized carbons (Fsp3) is 0.557. The topological polar surface area (TPSA) is 208 Å². The highest BCUT2D eigenvalue weighted by molar-refractivity contribution is 7.13. The van der Waals surface area contributed by atoms with Gasteiger partial charge in [0, 0.05) is 45.4 Å². The second-order valence-electron chi connectivity index (χ2n) is 22.9. The number of piperidine rings is 1. The molecular weight excluding hydrogens is 1030 g/mol. The van der Waals surface area contributed by atoms with Crippen LogP contribution >= 0.6 is 11.3 Å². The van der Waals surface area contributed by atoms with Crippen molar-refractivity contribution in [3.63, 3.8) is 0 Å². The number of aliphatic hydroxyl groups is 2. The van der Waals surface area contributed by atoms with E-state index in [4.69, 9.17) is 28.4 Å². The van der Waals surface area contributed by atoms with E-state index in [1.165, 1.54) is 4.90 Å². The molecule has 18 heteroatoms. The molecule has 4 N–H and O–H groups in total. The van der Waals surface area contributed by atoms with Gasteiger partial charge in [-0.15, -0.1) is 11.3 Å². The number of aliphatic hydroxyl groups excluding tert-OH is 2. The van der Waals surface area contributed by atoms with Crippen LogP contribution in [0.1, 0.15) is 102 Å². The van der Waals surface area contributed by atoms with Crippen molar-refractivity contribution in [1.29, 1.82) is 0 Å². The highest BCUT2D eigenvalue weighted by atomic mass is 32.1. The Bertz CT molecular complexity index is 2680. The van der Waals surface area contributed by atoms with Gasteiger partial charge < -0.3 is 59.1 Å². The fourth-order valence-corrected chi connectivity index (χ4v) is 11.1. The number of aryl methyl sites for hydroxylation is 2. The Morgan fingerprint density at radius 3 is 1.99 bits per heavy atom. The van der Waals surface area contributed by atoms with E-state index in [1.807, 2.05) is 122 Å². The highest BCUT2D eigenvalue weighted by Crippen LogP contribution is 2.41. The summed E-state index contributed by atoms with van der Waals surface area (Å²) in [4.78, 5) is 63.0. The van der Waals surface area contributed by atoms with Gasteiger partial charge in [0.1, 0.15) is 36.3 Å². The first-order chi connectivity index (χ1) is 37.8. The normalized spacial score (nSPS) is 18.9. The number of hydrogen-bond donors (Lipinski definition) is 4. The molecule has 3 aromatic carbocycles. The molecule has 0 spiro atoms. The Labute approximate surface area is 470 Å². The summed E-state index contributed by atoms with van der Waals surface area (Å²) in [5.41, 5.74) is 8.00. The lowest BCUT2D eigenvalue weighted by molar-refractivity contribution is -0.144. The lowest BCUT2D eigenvalue weighted by atomic mass is 9.74. The van der Waals surface area contributed by atoms with Crippen molar-refractivity contribution in [2.75, 3.05) is 92.2 Å². The molecule has 3 aliphatic rings.